The molecule has 1 fully saturated rings. The van der Waals surface area contributed by atoms with E-state index >= 15 is 0 Å². The molecule has 0 aliphatic carbocycles. The summed E-state index contributed by atoms with van der Waals surface area (Å²) in [6, 6.07) is 20.7. The summed E-state index contributed by atoms with van der Waals surface area (Å²) in [6.45, 7) is 1.45. The van der Waals surface area contributed by atoms with E-state index in [1.165, 1.54) is 18.7 Å². The molecule has 1 N–H and O–H groups in total. The maximum absolute atomic E-state index is 13.7. The van der Waals surface area contributed by atoms with Crippen molar-refractivity contribution in [3.05, 3.63) is 82.8 Å². The minimum atomic E-state index is -0.274. The summed E-state index contributed by atoms with van der Waals surface area (Å²) in [6.07, 6.45) is 1.82. The first-order valence-electron chi connectivity index (χ1n) is 10.9. The Morgan fingerprint density at radius 1 is 0.943 bits per heavy atom. The molecule has 3 aromatic rings. The van der Waals surface area contributed by atoms with Crippen molar-refractivity contribution in [1.82, 2.24) is 0 Å². The Hall–Kier alpha value is -3.91. The molecule has 1 heterocycles. The van der Waals surface area contributed by atoms with Gasteiger partial charge in [-0.3, -0.25) is 14.5 Å². The molecule has 7 nitrogen and oxygen atoms in total. The molecule has 0 saturated carbocycles. The third-order valence-electron chi connectivity index (χ3n) is 5.42. The van der Waals surface area contributed by atoms with Crippen LogP contribution in [0.5, 0.6) is 17.2 Å². The number of rotatable bonds is 7. The van der Waals surface area contributed by atoms with Crippen LogP contribution in [0.2, 0.25) is 0 Å². The van der Waals surface area contributed by atoms with Crippen molar-refractivity contribution in [2.45, 2.75) is 12.3 Å². The Labute approximate surface area is 208 Å². The van der Waals surface area contributed by atoms with Crippen LogP contribution in [-0.2, 0) is 9.59 Å². The van der Waals surface area contributed by atoms with Gasteiger partial charge in [-0.15, -0.1) is 0 Å². The first kappa shape index (κ1) is 24.2. The Bertz CT molecular complexity index is 1250. The number of carbonyl (C=O) groups is 2. The number of amides is 2. The predicted molar refractivity (Wildman–Crippen MR) is 139 cm³/mol. The maximum Gasteiger partial charge on any atom is 0.266 e. The smallest absolute Gasteiger partial charge is 0.266 e. The van der Waals surface area contributed by atoms with Gasteiger partial charge in [0.05, 0.1) is 26.2 Å². The molecule has 8 heteroatoms. The van der Waals surface area contributed by atoms with Crippen molar-refractivity contribution in [2.75, 3.05) is 31.5 Å². The van der Waals surface area contributed by atoms with Crippen molar-refractivity contribution in [1.29, 1.82) is 0 Å². The molecular formula is C27H26N2O5S. The Kier molecular flexibility index (Phi) is 7.31. The number of thioether (sulfide) groups is 1. The van der Waals surface area contributed by atoms with Gasteiger partial charge >= 0.3 is 0 Å². The number of ether oxygens (including phenoxy) is 3. The lowest BCUT2D eigenvalue weighted by Gasteiger charge is -2.24. The van der Waals surface area contributed by atoms with Gasteiger partial charge in [-0.2, -0.15) is 0 Å². The number of nitrogens with zero attached hydrogens (tertiary/aromatic N) is 1. The minimum absolute atomic E-state index is 0.141. The molecule has 1 aliphatic heterocycles. The van der Waals surface area contributed by atoms with Crippen LogP contribution in [0, 0.1) is 0 Å². The Balaban J connectivity index is 1.78. The summed E-state index contributed by atoms with van der Waals surface area (Å²) in [7, 11) is 4.66. The van der Waals surface area contributed by atoms with Crippen molar-refractivity contribution >= 4 is 41.0 Å². The van der Waals surface area contributed by atoms with Crippen molar-refractivity contribution in [3.63, 3.8) is 0 Å². The largest absolute Gasteiger partial charge is 0.493 e. The predicted octanol–water partition coefficient (Wildman–Crippen LogP) is 5.49. The molecule has 1 unspecified atom stereocenters. The minimum Gasteiger partial charge on any atom is -0.493 e. The van der Waals surface area contributed by atoms with Crippen LogP contribution in [0.15, 0.2) is 71.6 Å². The highest BCUT2D eigenvalue weighted by Gasteiger charge is 2.38. The zero-order valence-electron chi connectivity index (χ0n) is 19.9. The second-order valence-electron chi connectivity index (χ2n) is 7.75. The van der Waals surface area contributed by atoms with E-state index in [0.29, 0.717) is 33.5 Å². The van der Waals surface area contributed by atoms with Gasteiger partial charge in [-0.1, -0.05) is 48.2 Å². The van der Waals surface area contributed by atoms with Crippen LogP contribution in [0.1, 0.15) is 23.4 Å². The van der Waals surface area contributed by atoms with E-state index in [-0.39, 0.29) is 17.2 Å². The fourth-order valence-electron chi connectivity index (χ4n) is 3.90. The second kappa shape index (κ2) is 10.6. The normalized spacial score (nSPS) is 16.3. The monoisotopic (exact) mass is 490 g/mol. The fourth-order valence-corrected chi connectivity index (χ4v) is 5.16. The molecule has 0 aromatic heterocycles. The number of benzene rings is 3. The molecule has 3 aromatic carbocycles. The molecule has 180 valence electrons. The summed E-state index contributed by atoms with van der Waals surface area (Å²) in [5.74, 6) is 1.19. The molecule has 4 rings (SSSR count). The molecule has 0 radical (unpaired) electrons. The fraction of sp³-hybridized carbons (Fsp3) is 0.185. The van der Waals surface area contributed by atoms with E-state index in [4.69, 9.17) is 14.2 Å². The number of nitrogens with one attached hydrogen (secondary N) is 1. The topological polar surface area (TPSA) is 77.1 Å². The van der Waals surface area contributed by atoms with Gasteiger partial charge in [0.15, 0.2) is 11.5 Å². The van der Waals surface area contributed by atoms with Crippen LogP contribution in [0.25, 0.3) is 6.08 Å². The third-order valence-corrected chi connectivity index (χ3v) is 6.67. The van der Waals surface area contributed by atoms with Crippen LogP contribution in [0.4, 0.5) is 11.4 Å². The zero-order chi connectivity index (χ0) is 24.9. The maximum atomic E-state index is 13.7. The van der Waals surface area contributed by atoms with Crippen molar-refractivity contribution in [3.8, 4) is 17.2 Å². The number of carbonyl (C=O) groups excluding carboxylic acids is 2. The lowest BCUT2D eigenvalue weighted by atomic mass is 10.1. The molecule has 35 heavy (non-hydrogen) atoms. The van der Waals surface area contributed by atoms with Gasteiger partial charge in [-0.25, -0.2) is 0 Å². The van der Waals surface area contributed by atoms with Crippen molar-refractivity contribution < 1.29 is 23.8 Å². The summed E-state index contributed by atoms with van der Waals surface area (Å²) in [5.41, 5.74) is 3.05. The van der Waals surface area contributed by atoms with E-state index < -0.39 is 0 Å². The van der Waals surface area contributed by atoms with E-state index in [1.807, 2.05) is 48.5 Å². The molecule has 1 aliphatic rings. The van der Waals surface area contributed by atoms with E-state index in [0.717, 1.165) is 11.1 Å². The summed E-state index contributed by atoms with van der Waals surface area (Å²) in [5, 5.41) is 2.51. The van der Waals surface area contributed by atoms with Gasteiger partial charge in [0.25, 0.3) is 5.91 Å². The third kappa shape index (κ3) is 5.12. The molecule has 2 amide bonds. The van der Waals surface area contributed by atoms with E-state index in [2.05, 4.69) is 5.32 Å². The quantitative estimate of drug-likeness (QED) is 0.441. The average molecular weight is 491 g/mol. The summed E-state index contributed by atoms with van der Waals surface area (Å²) >= 11 is 1.46. The van der Waals surface area contributed by atoms with E-state index in [9.17, 15) is 9.59 Å². The van der Waals surface area contributed by atoms with Gasteiger partial charge < -0.3 is 19.5 Å². The highest BCUT2D eigenvalue weighted by molar-refractivity contribution is 8.05. The van der Waals surface area contributed by atoms with Gasteiger partial charge in [0, 0.05) is 18.3 Å². The summed E-state index contributed by atoms with van der Waals surface area (Å²) < 4.78 is 16.3. The molecule has 0 bridgehead atoms. The highest BCUT2D eigenvalue weighted by atomic mass is 32.2. The molecule has 1 saturated heterocycles. The average Bonchev–Trinajstić information content (AvgIpc) is 3.19. The van der Waals surface area contributed by atoms with Gasteiger partial charge in [-0.05, 0) is 47.5 Å². The Morgan fingerprint density at radius 2 is 1.63 bits per heavy atom. The lowest BCUT2D eigenvalue weighted by molar-refractivity contribution is -0.115. The van der Waals surface area contributed by atoms with Gasteiger partial charge in [0.1, 0.15) is 5.37 Å². The summed E-state index contributed by atoms with van der Waals surface area (Å²) in [4.78, 5) is 27.6. The van der Waals surface area contributed by atoms with E-state index in [1.54, 1.807) is 50.5 Å². The van der Waals surface area contributed by atoms with Crippen molar-refractivity contribution in [2.24, 2.45) is 0 Å². The number of hydrogen-bond donors (Lipinski definition) is 1. The Morgan fingerprint density at radius 3 is 2.23 bits per heavy atom. The molecule has 0 spiro atoms. The standard InChI is InChI=1S/C27H26N2O5S/c1-17(30)28-20-11-8-12-21(16-20)29-26(31)24(35-27(29)19-9-6-5-7-10-19)15-18-13-22(32-2)25(34-4)23(14-18)33-3/h5-16,27H,1-4H3,(H,28,30)/b24-15+. The number of methoxy groups -OCH3 is 3. The van der Waals surface area contributed by atoms with Crippen LogP contribution < -0.4 is 24.4 Å². The SMILES string of the molecule is COc1cc(/C=C2/SC(c3ccccc3)N(c3cccc(NC(C)=O)c3)C2=O)cc(OC)c1OC. The molecular weight excluding hydrogens is 464 g/mol. The number of anilines is 2. The first-order chi connectivity index (χ1) is 16.9. The number of hydrogen-bond acceptors (Lipinski definition) is 6. The zero-order valence-corrected chi connectivity index (χ0v) is 20.7. The second-order valence-corrected chi connectivity index (χ2v) is 8.88. The van der Waals surface area contributed by atoms with Crippen LogP contribution >= 0.6 is 11.8 Å². The van der Waals surface area contributed by atoms with Crippen LogP contribution in [-0.4, -0.2) is 33.1 Å². The first-order valence-corrected chi connectivity index (χ1v) is 11.8. The lowest BCUT2D eigenvalue weighted by Crippen LogP contribution is -2.27. The molecule has 1 atom stereocenters. The highest BCUT2D eigenvalue weighted by Crippen LogP contribution is 2.49. The van der Waals surface area contributed by atoms with Gasteiger partial charge in [0.2, 0.25) is 11.7 Å². The van der Waals surface area contributed by atoms with Crippen LogP contribution in [0.3, 0.4) is 0 Å².